The number of phenolic OH excluding ortho intramolecular Hbond substituents is 1. The number of ether oxygens (including phenoxy) is 3. The topological polar surface area (TPSA) is 102 Å². The minimum Gasteiger partial charge on any atom is -0.507 e. The summed E-state index contributed by atoms with van der Waals surface area (Å²) in [4.78, 5) is 39.7. The SMILES string of the molecule is COc1cc(OC)c(C2CCN(C)C2COC(C)=O)c(O)c1C(=O)CC(=O)c1cccc(I)c1Cl. The van der Waals surface area contributed by atoms with Crippen LogP contribution in [0, 0.1) is 3.57 Å². The molecule has 2 aromatic carbocycles. The number of halogens is 2. The first-order valence-corrected chi connectivity index (χ1v) is 12.4. The van der Waals surface area contributed by atoms with Crippen molar-refractivity contribution >= 4 is 51.7 Å². The molecule has 8 nitrogen and oxygen atoms in total. The third-order valence-corrected chi connectivity index (χ3v) is 7.83. The summed E-state index contributed by atoms with van der Waals surface area (Å²) in [5, 5.41) is 11.6. The van der Waals surface area contributed by atoms with Crippen molar-refractivity contribution in [1.82, 2.24) is 4.90 Å². The van der Waals surface area contributed by atoms with Crippen molar-refractivity contribution in [2.45, 2.75) is 31.7 Å². The lowest BCUT2D eigenvalue weighted by Crippen LogP contribution is -2.34. The number of esters is 1. The lowest BCUT2D eigenvalue weighted by Gasteiger charge is -2.27. The molecule has 1 saturated heterocycles. The molecular formula is C25H27ClINO7. The maximum Gasteiger partial charge on any atom is 0.302 e. The highest BCUT2D eigenvalue weighted by atomic mass is 127. The van der Waals surface area contributed by atoms with E-state index in [1.54, 1.807) is 18.2 Å². The molecule has 35 heavy (non-hydrogen) atoms. The van der Waals surface area contributed by atoms with E-state index in [4.69, 9.17) is 25.8 Å². The number of benzene rings is 2. The van der Waals surface area contributed by atoms with Crippen molar-refractivity contribution < 1.29 is 33.7 Å². The molecule has 1 heterocycles. The summed E-state index contributed by atoms with van der Waals surface area (Å²) in [5.41, 5.74) is 0.551. The minimum atomic E-state index is -0.605. The molecule has 0 radical (unpaired) electrons. The zero-order chi connectivity index (χ0) is 25.9. The van der Waals surface area contributed by atoms with Crippen LogP contribution in [0.5, 0.6) is 17.2 Å². The molecule has 2 unspecified atom stereocenters. The summed E-state index contributed by atoms with van der Waals surface area (Å²) in [5.74, 6) is -1.63. The van der Waals surface area contributed by atoms with Gasteiger partial charge >= 0.3 is 5.97 Å². The Hall–Kier alpha value is -2.37. The Kier molecular flexibility index (Phi) is 9.00. The van der Waals surface area contributed by atoms with Crippen LogP contribution < -0.4 is 9.47 Å². The summed E-state index contributed by atoms with van der Waals surface area (Å²) in [6.07, 6.45) is 0.139. The van der Waals surface area contributed by atoms with E-state index >= 15 is 0 Å². The third-order valence-electron chi connectivity index (χ3n) is 6.21. The monoisotopic (exact) mass is 615 g/mol. The summed E-state index contributed by atoms with van der Waals surface area (Å²) < 4.78 is 16.9. The van der Waals surface area contributed by atoms with Gasteiger partial charge in [0.1, 0.15) is 29.4 Å². The highest BCUT2D eigenvalue weighted by Crippen LogP contribution is 2.47. The number of aromatic hydroxyl groups is 1. The number of ketones is 2. The van der Waals surface area contributed by atoms with Crippen LogP contribution in [0.2, 0.25) is 5.02 Å². The van der Waals surface area contributed by atoms with Gasteiger partial charge in [-0.15, -0.1) is 0 Å². The number of likely N-dealkylation sites (tertiary alicyclic amines) is 1. The van der Waals surface area contributed by atoms with Gasteiger partial charge in [-0.1, -0.05) is 17.7 Å². The molecule has 3 rings (SSSR count). The molecule has 2 atom stereocenters. The molecule has 0 amide bonds. The molecule has 0 bridgehead atoms. The molecule has 1 aliphatic rings. The average molecular weight is 616 g/mol. The van der Waals surface area contributed by atoms with Gasteiger partial charge in [-0.3, -0.25) is 19.3 Å². The molecule has 0 aromatic heterocycles. The normalized spacial score (nSPS) is 17.8. The molecule has 0 aliphatic carbocycles. The first kappa shape index (κ1) is 27.2. The second kappa shape index (κ2) is 11.6. The largest absolute Gasteiger partial charge is 0.507 e. The van der Waals surface area contributed by atoms with Gasteiger partial charge in [-0.2, -0.15) is 0 Å². The Morgan fingerprint density at radius 1 is 1.17 bits per heavy atom. The maximum atomic E-state index is 13.3. The Labute approximate surface area is 222 Å². The number of carbonyl (C=O) groups is 3. The fraction of sp³-hybridized carbons (Fsp3) is 0.400. The fourth-order valence-corrected chi connectivity index (χ4v) is 5.16. The van der Waals surface area contributed by atoms with E-state index in [0.717, 1.165) is 0 Å². The molecule has 188 valence electrons. The van der Waals surface area contributed by atoms with Crippen molar-refractivity contribution in [2.24, 2.45) is 0 Å². The quantitative estimate of drug-likeness (QED) is 0.191. The molecule has 0 spiro atoms. The van der Waals surface area contributed by atoms with Crippen LogP contribution in [0.3, 0.4) is 0 Å². The van der Waals surface area contributed by atoms with Gasteiger partial charge in [0.15, 0.2) is 11.6 Å². The highest BCUT2D eigenvalue weighted by molar-refractivity contribution is 14.1. The number of rotatable bonds is 9. The van der Waals surface area contributed by atoms with Crippen LogP contribution in [0.1, 0.15) is 52.0 Å². The van der Waals surface area contributed by atoms with Crippen LogP contribution in [-0.2, 0) is 9.53 Å². The number of hydrogen-bond donors (Lipinski definition) is 1. The second-order valence-electron chi connectivity index (χ2n) is 8.29. The average Bonchev–Trinajstić information content (AvgIpc) is 3.17. The molecule has 2 aromatic rings. The van der Waals surface area contributed by atoms with Crippen molar-refractivity contribution in [1.29, 1.82) is 0 Å². The van der Waals surface area contributed by atoms with Crippen molar-refractivity contribution in [3.8, 4) is 17.2 Å². The molecule has 1 aliphatic heterocycles. The van der Waals surface area contributed by atoms with Crippen molar-refractivity contribution in [3.05, 3.63) is 49.5 Å². The summed E-state index contributed by atoms with van der Waals surface area (Å²) in [6, 6.07) is 6.31. The number of phenols is 1. The zero-order valence-electron chi connectivity index (χ0n) is 19.9. The van der Waals surface area contributed by atoms with Crippen LogP contribution in [-0.4, -0.2) is 68.0 Å². The number of likely N-dealkylation sites (N-methyl/N-ethyl adjacent to an activating group) is 1. The fourth-order valence-electron chi connectivity index (χ4n) is 4.43. The lowest BCUT2D eigenvalue weighted by atomic mass is 9.87. The van der Waals surface area contributed by atoms with Crippen LogP contribution in [0.15, 0.2) is 24.3 Å². The van der Waals surface area contributed by atoms with Gasteiger partial charge in [-0.25, -0.2) is 0 Å². The molecule has 0 saturated carbocycles. The maximum absolute atomic E-state index is 13.3. The third kappa shape index (κ3) is 5.73. The van der Waals surface area contributed by atoms with Crippen molar-refractivity contribution in [3.63, 3.8) is 0 Å². The van der Waals surface area contributed by atoms with E-state index < -0.39 is 24.0 Å². The summed E-state index contributed by atoms with van der Waals surface area (Å²) in [7, 11) is 4.73. The Morgan fingerprint density at radius 2 is 1.86 bits per heavy atom. The number of Topliss-reactive ketones (excluding diaryl/α,β-unsaturated/α-hetero) is 2. The van der Waals surface area contributed by atoms with Gasteiger partial charge in [0.2, 0.25) is 0 Å². The molecular weight excluding hydrogens is 589 g/mol. The second-order valence-corrected chi connectivity index (χ2v) is 9.83. The Morgan fingerprint density at radius 3 is 2.49 bits per heavy atom. The number of nitrogens with zero attached hydrogens (tertiary/aromatic N) is 1. The van der Waals surface area contributed by atoms with Gasteiger partial charge in [0.25, 0.3) is 0 Å². The van der Waals surface area contributed by atoms with Gasteiger partial charge < -0.3 is 19.3 Å². The minimum absolute atomic E-state index is 0.0949. The van der Waals surface area contributed by atoms with Gasteiger partial charge in [0, 0.05) is 33.6 Å². The number of methoxy groups -OCH3 is 2. The molecule has 10 heteroatoms. The van der Waals surface area contributed by atoms with Gasteiger partial charge in [-0.05, 0) is 54.7 Å². The molecule has 1 fully saturated rings. The predicted molar refractivity (Wildman–Crippen MR) is 139 cm³/mol. The van der Waals surface area contributed by atoms with Crippen molar-refractivity contribution in [2.75, 3.05) is 34.4 Å². The van der Waals surface area contributed by atoms with Crippen LogP contribution in [0.25, 0.3) is 0 Å². The summed E-state index contributed by atoms with van der Waals surface area (Å²) >= 11 is 8.28. The number of hydrogen-bond acceptors (Lipinski definition) is 8. The smallest absolute Gasteiger partial charge is 0.302 e. The first-order valence-electron chi connectivity index (χ1n) is 10.9. The Balaban J connectivity index is 2.03. The standard InChI is InChI=1S/C25H27ClINO7/c1-13(29)35-12-17-14(8-9-28(17)2)22-20(33-3)11-21(34-4)23(25(22)32)19(31)10-18(30)15-6-5-7-16(27)24(15)26/h5-7,11,14,17,32H,8-10,12H2,1-4H3. The van der Waals surface area contributed by atoms with E-state index in [1.807, 2.05) is 34.5 Å². The number of carbonyl (C=O) groups excluding carboxylic acids is 3. The van der Waals surface area contributed by atoms with E-state index in [-0.39, 0.29) is 46.2 Å². The lowest BCUT2D eigenvalue weighted by molar-refractivity contribution is -0.142. The van der Waals surface area contributed by atoms with Crippen LogP contribution in [0.4, 0.5) is 0 Å². The van der Waals surface area contributed by atoms with E-state index in [2.05, 4.69) is 0 Å². The van der Waals surface area contributed by atoms with E-state index in [0.29, 0.717) is 27.8 Å². The predicted octanol–water partition coefficient (Wildman–Crippen LogP) is 4.47. The highest BCUT2D eigenvalue weighted by Gasteiger charge is 2.39. The summed E-state index contributed by atoms with van der Waals surface area (Å²) in [6.45, 7) is 2.15. The van der Waals surface area contributed by atoms with Crippen LogP contribution >= 0.6 is 34.2 Å². The molecule has 1 N–H and O–H groups in total. The first-order chi connectivity index (χ1) is 16.6. The van der Waals surface area contributed by atoms with E-state index in [9.17, 15) is 19.5 Å². The van der Waals surface area contributed by atoms with Gasteiger partial charge in [0.05, 0.1) is 31.7 Å². The Bertz CT molecular complexity index is 1150. The zero-order valence-corrected chi connectivity index (χ0v) is 22.8. The van der Waals surface area contributed by atoms with E-state index in [1.165, 1.54) is 27.2 Å².